The zero-order chi connectivity index (χ0) is 19.9. The monoisotopic (exact) mass is 386 g/mol. The van der Waals surface area contributed by atoms with Crippen LogP contribution >= 0.6 is 0 Å². The van der Waals surface area contributed by atoms with Gasteiger partial charge < -0.3 is 25.2 Å². The van der Waals surface area contributed by atoms with E-state index in [0.717, 1.165) is 88.6 Å². The predicted molar refractivity (Wildman–Crippen MR) is 113 cm³/mol. The highest BCUT2D eigenvalue weighted by Gasteiger charge is 2.25. The molecule has 1 atom stereocenters. The second-order valence-corrected chi connectivity index (χ2v) is 7.71. The minimum Gasteiger partial charge on any atom is -0.376 e. The molecule has 28 heavy (non-hydrogen) atoms. The SMILES string of the molecule is CCN(CC)CCNc1nc(NC[C@H]2CCCO2)c2c(c1C#N)CCN(C)C2. The van der Waals surface area contributed by atoms with Crippen LogP contribution in [-0.2, 0) is 17.7 Å². The average Bonchev–Trinajstić information content (AvgIpc) is 3.23. The molecule has 7 nitrogen and oxygen atoms in total. The Morgan fingerprint density at radius 2 is 2.07 bits per heavy atom. The molecule has 2 aliphatic rings. The van der Waals surface area contributed by atoms with Crippen LogP contribution in [0, 0.1) is 11.3 Å². The van der Waals surface area contributed by atoms with Crippen molar-refractivity contribution in [3.63, 3.8) is 0 Å². The molecule has 3 rings (SSSR count). The topological polar surface area (TPSA) is 76.5 Å². The zero-order valence-corrected chi connectivity index (χ0v) is 17.6. The van der Waals surface area contributed by atoms with Gasteiger partial charge in [-0.25, -0.2) is 4.98 Å². The van der Waals surface area contributed by atoms with E-state index < -0.39 is 0 Å². The Balaban J connectivity index is 1.81. The van der Waals surface area contributed by atoms with Gasteiger partial charge in [-0.3, -0.25) is 0 Å². The van der Waals surface area contributed by atoms with E-state index in [-0.39, 0.29) is 6.10 Å². The Bertz CT molecular complexity index is 691. The summed E-state index contributed by atoms with van der Waals surface area (Å²) in [6.07, 6.45) is 3.37. The van der Waals surface area contributed by atoms with E-state index in [0.29, 0.717) is 11.4 Å². The van der Waals surface area contributed by atoms with Gasteiger partial charge in [0, 0.05) is 44.9 Å². The van der Waals surface area contributed by atoms with Crippen molar-refractivity contribution >= 4 is 11.6 Å². The fourth-order valence-electron chi connectivity index (χ4n) is 4.05. The standard InChI is InChI=1S/C21H34N6O/c1-4-27(5-2)11-9-23-20-18(13-22)17-8-10-26(3)15-19(17)21(25-20)24-14-16-7-6-12-28-16/h16H,4-12,14-15H2,1-3H3,(H2,23,24,25)/t16-/m1/s1. The van der Waals surface area contributed by atoms with Crippen molar-refractivity contribution in [3.05, 3.63) is 16.7 Å². The Morgan fingerprint density at radius 3 is 2.75 bits per heavy atom. The van der Waals surface area contributed by atoms with Crippen LogP contribution in [0.3, 0.4) is 0 Å². The molecule has 1 fully saturated rings. The van der Waals surface area contributed by atoms with Gasteiger partial charge in [0.05, 0.1) is 11.7 Å². The van der Waals surface area contributed by atoms with Gasteiger partial charge in [0.25, 0.3) is 0 Å². The molecule has 1 saturated heterocycles. The molecule has 0 saturated carbocycles. The van der Waals surface area contributed by atoms with E-state index in [1.165, 1.54) is 0 Å². The summed E-state index contributed by atoms with van der Waals surface area (Å²) in [6, 6.07) is 2.42. The summed E-state index contributed by atoms with van der Waals surface area (Å²) in [7, 11) is 2.12. The minimum absolute atomic E-state index is 0.258. The van der Waals surface area contributed by atoms with Gasteiger partial charge in [0.1, 0.15) is 17.7 Å². The van der Waals surface area contributed by atoms with Crippen molar-refractivity contribution in [3.8, 4) is 6.07 Å². The van der Waals surface area contributed by atoms with E-state index >= 15 is 0 Å². The van der Waals surface area contributed by atoms with Gasteiger partial charge >= 0.3 is 0 Å². The molecule has 0 aliphatic carbocycles. The van der Waals surface area contributed by atoms with E-state index in [9.17, 15) is 5.26 Å². The molecule has 2 N–H and O–H groups in total. The highest BCUT2D eigenvalue weighted by molar-refractivity contribution is 5.66. The van der Waals surface area contributed by atoms with Crippen molar-refractivity contribution in [2.24, 2.45) is 0 Å². The van der Waals surface area contributed by atoms with Gasteiger partial charge in [0.2, 0.25) is 0 Å². The maximum atomic E-state index is 9.84. The molecule has 0 amide bonds. The fourth-order valence-corrected chi connectivity index (χ4v) is 4.05. The maximum absolute atomic E-state index is 9.84. The summed E-state index contributed by atoms with van der Waals surface area (Å²) in [6.45, 7) is 11.5. The lowest BCUT2D eigenvalue weighted by Gasteiger charge is -2.29. The lowest BCUT2D eigenvalue weighted by Crippen LogP contribution is -2.31. The van der Waals surface area contributed by atoms with E-state index in [1.54, 1.807) is 0 Å². The summed E-state index contributed by atoms with van der Waals surface area (Å²) < 4.78 is 5.76. The number of anilines is 2. The molecule has 0 bridgehead atoms. The first-order valence-electron chi connectivity index (χ1n) is 10.6. The molecule has 1 aromatic rings. The number of hydrogen-bond acceptors (Lipinski definition) is 7. The smallest absolute Gasteiger partial charge is 0.146 e. The quantitative estimate of drug-likeness (QED) is 0.674. The van der Waals surface area contributed by atoms with Gasteiger partial charge in [0.15, 0.2) is 0 Å². The molecule has 2 aliphatic heterocycles. The number of rotatable bonds is 9. The third kappa shape index (κ3) is 4.93. The number of ether oxygens (including phenoxy) is 1. The van der Waals surface area contributed by atoms with Gasteiger partial charge in [-0.05, 0) is 45.0 Å². The first kappa shape index (κ1) is 20.8. The van der Waals surface area contributed by atoms with Crippen LogP contribution in [0.2, 0.25) is 0 Å². The Morgan fingerprint density at radius 1 is 1.25 bits per heavy atom. The van der Waals surface area contributed by atoms with E-state index in [4.69, 9.17) is 9.72 Å². The van der Waals surface area contributed by atoms with Crippen LogP contribution in [0.1, 0.15) is 43.4 Å². The predicted octanol–water partition coefficient (Wildman–Crippen LogP) is 2.29. The summed E-state index contributed by atoms with van der Waals surface area (Å²) in [5.74, 6) is 1.62. The first-order chi connectivity index (χ1) is 13.7. The van der Waals surface area contributed by atoms with Crippen LogP contribution in [0.25, 0.3) is 0 Å². The van der Waals surface area contributed by atoms with Crippen molar-refractivity contribution < 1.29 is 4.74 Å². The molecule has 0 spiro atoms. The fraction of sp³-hybridized carbons (Fsp3) is 0.714. The van der Waals surface area contributed by atoms with E-state index in [1.807, 2.05) is 0 Å². The Labute approximate surface area is 169 Å². The van der Waals surface area contributed by atoms with Crippen LogP contribution in [0.15, 0.2) is 0 Å². The molecule has 0 radical (unpaired) electrons. The molecule has 1 aromatic heterocycles. The lowest BCUT2D eigenvalue weighted by molar-refractivity contribution is 0.120. The summed E-state index contributed by atoms with van der Waals surface area (Å²) in [5.41, 5.74) is 3.03. The average molecular weight is 387 g/mol. The van der Waals surface area contributed by atoms with Crippen LogP contribution in [-0.4, -0.2) is 73.8 Å². The number of nitrogens with zero attached hydrogens (tertiary/aromatic N) is 4. The number of aromatic nitrogens is 1. The van der Waals surface area contributed by atoms with Gasteiger partial charge in [-0.1, -0.05) is 13.8 Å². The highest BCUT2D eigenvalue weighted by Crippen LogP contribution is 2.31. The largest absolute Gasteiger partial charge is 0.376 e. The number of fused-ring (bicyclic) bond motifs is 1. The summed E-state index contributed by atoms with van der Waals surface area (Å²) in [5, 5.41) is 16.8. The normalized spacial score (nSPS) is 19.5. The van der Waals surface area contributed by atoms with Gasteiger partial charge in [-0.15, -0.1) is 0 Å². The van der Waals surface area contributed by atoms with Crippen molar-refractivity contribution in [1.82, 2.24) is 14.8 Å². The summed E-state index contributed by atoms with van der Waals surface area (Å²) >= 11 is 0. The van der Waals surface area contributed by atoms with Crippen molar-refractivity contribution in [2.45, 2.75) is 45.8 Å². The third-order valence-corrected chi connectivity index (χ3v) is 5.83. The number of pyridine rings is 1. The van der Waals surface area contributed by atoms with Crippen LogP contribution < -0.4 is 10.6 Å². The van der Waals surface area contributed by atoms with Gasteiger partial charge in [-0.2, -0.15) is 5.26 Å². The molecular formula is C21H34N6O. The Kier molecular flexibility index (Phi) is 7.49. The number of likely N-dealkylation sites (N-methyl/N-ethyl adjacent to an activating group) is 2. The van der Waals surface area contributed by atoms with Crippen LogP contribution in [0.4, 0.5) is 11.6 Å². The second kappa shape index (κ2) is 10.1. The number of nitrogens with one attached hydrogen (secondary N) is 2. The van der Waals surface area contributed by atoms with Crippen molar-refractivity contribution in [2.75, 3.05) is 63.6 Å². The maximum Gasteiger partial charge on any atom is 0.146 e. The second-order valence-electron chi connectivity index (χ2n) is 7.71. The summed E-state index contributed by atoms with van der Waals surface area (Å²) in [4.78, 5) is 9.51. The molecule has 7 heteroatoms. The third-order valence-electron chi connectivity index (χ3n) is 5.83. The lowest BCUT2D eigenvalue weighted by atomic mass is 9.96. The van der Waals surface area contributed by atoms with E-state index in [2.05, 4.69) is 47.4 Å². The molecular weight excluding hydrogens is 352 g/mol. The molecule has 3 heterocycles. The highest BCUT2D eigenvalue weighted by atomic mass is 16.5. The molecule has 0 aromatic carbocycles. The van der Waals surface area contributed by atoms with Crippen molar-refractivity contribution in [1.29, 1.82) is 5.26 Å². The molecule has 154 valence electrons. The first-order valence-corrected chi connectivity index (χ1v) is 10.6. The Hall–Kier alpha value is -1.88. The minimum atomic E-state index is 0.258. The number of hydrogen-bond donors (Lipinski definition) is 2. The zero-order valence-electron chi connectivity index (χ0n) is 17.6. The number of nitriles is 1. The molecule has 0 unspecified atom stereocenters. The van der Waals surface area contributed by atoms with Crippen LogP contribution in [0.5, 0.6) is 0 Å².